The molecule has 4 rings (SSSR count). The zero-order chi connectivity index (χ0) is 15.6. The van der Waals surface area contributed by atoms with Gasteiger partial charge in [0.2, 0.25) is 0 Å². The van der Waals surface area contributed by atoms with Crippen LogP contribution in [-0.4, -0.2) is 39.1 Å². The van der Waals surface area contributed by atoms with E-state index in [2.05, 4.69) is 47.7 Å². The van der Waals surface area contributed by atoms with Crippen LogP contribution in [-0.2, 0) is 0 Å². The quantitative estimate of drug-likeness (QED) is 0.725. The molecule has 1 aliphatic rings. The van der Waals surface area contributed by atoms with Gasteiger partial charge in [-0.15, -0.1) is 11.3 Å². The molecule has 23 heavy (non-hydrogen) atoms. The Labute approximate surface area is 140 Å². The molecule has 120 valence electrons. The van der Waals surface area contributed by atoms with Crippen molar-refractivity contribution in [2.45, 2.75) is 32.1 Å². The zero-order valence-electron chi connectivity index (χ0n) is 13.5. The molecule has 1 fully saturated rings. The van der Waals surface area contributed by atoms with E-state index in [0.29, 0.717) is 5.92 Å². The number of piperidine rings is 1. The maximum Gasteiger partial charge on any atom is 0.155 e. The highest BCUT2D eigenvalue weighted by atomic mass is 32.1. The molecule has 0 unspecified atom stereocenters. The first-order chi connectivity index (χ1) is 11.3. The summed E-state index contributed by atoms with van der Waals surface area (Å²) in [6, 6.07) is 8.45. The van der Waals surface area contributed by atoms with Gasteiger partial charge in [-0.1, -0.05) is 13.0 Å². The number of aromatic nitrogens is 3. The number of hydrogen-bond donors (Lipinski definition) is 0. The molecule has 4 heterocycles. The van der Waals surface area contributed by atoms with Crippen LogP contribution < -0.4 is 0 Å². The van der Waals surface area contributed by atoms with Crippen LogP contribution in [0.3, 0.4) is 0 Å². The second kappa shape index (κ2) is 6.42. The van der Waals surface area contributed by atoms with Gasteiger partial charge in [0.15, 0.2) is 11.5 Å². The third-order valence-corrected chi connectivity index (χ3v) is 5.56. The predicted octanol–water partition coefficient (Wildman–Crippen LogP) is 4.05. The molecule has 3 aromatic rings. The van der Waals surface area contributed by atoms with Crippen molar-refractivity contribution in [1.29, 1.82) is 0 Å². The average Bonchev–Trinajstić information content (AvgIpc) is 3.24. The first-order valence-electron chi connectivity index (χ1n) is 8.46. The van der Waals surface area contributed by atoms with Crippen molar-refractivity contribution in [2.75, 3.05) is 19.6 Å². The minimum Gasteiger partial charge on any atom is -0.303 e. The van der Waals surface area contributed by atoms with Gasteiger partial charge < -0.3 is 4.90 Å². The van der Waals surface area contributed by atoms with Crippen molar-refractivity contribution in [1.82, 2.24) is 19.5 Å². The summed E-state index contributed by atoms with van der Waals surface area (Å²) in [5.41, 5.74) is 2.16. The second-order valence-corrected chi connectivity index (χ2v) is 7.23. The molecule has 1 aliphatic heterocycles. The molecular weight excluding hydrogens is 304 g/mol. The lowest BCUT2D eigenvalue weighted by Gasteiger charge is -2.30. The number of pyridine rings is 1. The summed E-state index contributed by atoms with van der Waals surface area (Å²) in [4.78, 5) is 8.60. The highest BCUT2D eigenvalue weighted by Gasteiger charge is 2.23. The monoisotopic (exact) mass is 326 g/mol. The van der Waals surface area contributed by atoms with Gasteiger partial charge >= 0.3 is 0 Å². The van der Waals surface area contributed by atoms with Crippen LogP contribution in [0.15, 0.2) is 35.8 Å². The van der Waals surface area contributed by atoms with Crippen molar-refractivity contribution in [2.24, 2.45) is 0 Å². The van der Waals surface area contributed by atoms with Crippen LogP contribution in [0.4, 0.5) is 0 Å². The van der Waals surface area contributed by atoms with E-state index in [0.717, 1.165) is 11.5 Å². The topological polar surface area (TPSA) is 33.4 Å². The molecule has 5 heteroatoms. The molecule has 0 spiro atoms. The summed E-state index contributed by atoms with van der Waals surface area (Å²) in [5.74, 6) is 1.53. The smallest absolute Gasteiger partial charge is 0.155 e. The third kappa shape index (κ3) is 3.03. The Balaban J connectivity index is 1.55. The summed E-state index contributed by atoms with van der Waals surface area (Å²) in [5, 5.41) is 6.88. The Morgan fingerprint density at radius 2 is 2.09 bits per heavy atom. The lowest BCUT2D eigenvalue weighted by molar-refractivity contribution is 0.210. The molecule has 0 N–H and O–H groups in total. The molecule has 0 amide bonds. The third-order valence-electron chi connectivity index (χ3n) is 4.65. The van der Waals surface area contributed by atoms with Crippen LogP contribution in [0.1, 0.15) is 37.9 Å². The number of thiophene rings is 1. The fourth-order valence-corrected chi connectivity index (χ4v) is 4.11. The molecule has 0 radical (unpaired) electrons. The lowest BCUT2D eigenvalue weighted by atomic mass is 9.96. The Morgan fingerprint density at radius 3 is 2.83 bits per heavy atom. The highest BCUT2D eigenvalue weighted by Crippen LogP contribution is 2.28. The largest absolute Gasteiger partial charge is 0.303 e. The van der Waals surface area contributed by atoms with Gasteiger partial charge in [0.25, 0.3) is 0 Å². The van der Waals surface area contributed by atoms with Gasteiger partial charge in [-0.3, -0.25) is 0 Å². The van der Waals surface area contributed by atoms with Crippen LogP contribution in [0.5, 0.6) is 0 Å². The summed E-state index contributed by atoms with van der Waals surface area (Å²) < 4.78 is 1.95. The van der Waals surface area contributed by atoms with Crippen molar-refractivity contribution < 1.29 is 0 Å². The average molecular weight is 326 g/mol. The first-order valence-corrected chi connectivity index (χ1v) is 9.34. The minimum absolute atomic E-state index is 0.508. The molecule has 0 aliphatic carbocycles. The Kier molecular flexibility index (Phi) is 4.14. The van der Waals surface area contributed by atoms with E-state index in [9.17, 15) is 0 Å². The number of hydrogen-bond acceptors (Lipinski definition) is 4. The van der Waals surface area contributed by atoms with Gasteiger partial charge in [0.05, 0.1) is 0 Å². The highest BCUT2D eigenvalue weighted by molar-refractivity contribution is 7.13. The molecule has 3 aromatic heterocycles. The molecular formula is C18H22N4S. The van der Waals surface area contributed by atoms with Crippen molar-refractivity contribution in [3.05, 3.63) is 41.7 Å². The van der Waals surface area contributed by atoms with Gasteiger partial charge in [-0.2, -0.15) is 5.10 Å². The Bertz CT molecular complexity index is 770. The van der Waals surface area contributed by atoms with E-state index < -0.39 is 0 Å². The van der Waals surface area contributed by atoms with Crippen molar-refractivity contribution in [3.8, 4) is 10.4 Å². The Hall–Kier alpha value is -1.72. The normalized spacial score (nSPS) is 17.1. The van der Waals surface area contributed by atoms with Crippen LogP contribution in [0.2, 0.25) is 0 Å². The zero-order valence-corrected chi connectivity index (χ0v) is 14.3. The van der Waals surface area contributed by atoms with E-state index in [1.807, 2.05) is 4.52 Å². The van der Waals surface area contributed by atoms with Gasteiger partial charge in [-0.25, -0.2) is 9.50 Å². The molecule has 0 bridgehead atoms. The number of fused-ring (bicyclic) bond motifs is 1. The minimum atomic E-state index is 0.508. The summed E-state index contributed by atoms with van der Waals surface area (Å²) >= 11 is 1.76. The van der Waals surface area contributed by atoms with E-state index in [1.165, 1.54) is 49.3 Å². The van der Waals surface area contributed by atoms with Crippen LogP contribution >= 0.6 is 11.3 Å². The fourth-order valence-electron chi connectivity index (χ4n) is 3.39. The first kappa shape index (κ1) is 14.8. The number of rotatable bonds is 4. The predicted molar refractivity (Wildman–Crippen MR) is 95.0 cm³/mol. The van der Waals surface area contributed by atoms with Crippen LogP contribution in [0, 0.1) is 0 Å². The van der Waals surface area contributed by atoms with Crippen molar-refractivity contribution in [3.63, 3.8) is 0 Å². The molecule has 0 saturated carbocycles. The van der Waals surface area contributed by atoms with Gasteiger partial charge in [-0.05, 0) is 62.5 Å². The van der Waals surface area contributed by atoms with E-state index >= 15 is 0 Å². The van der Waals surface area contributed by atoms with E-state index in [4.69, 9.17) is 10.1 Å². The Morgan fingerprint density at radius 1 is 1.22 bits per heavy atom. The lowest BCUT2D eigenvalue weighted by Crippen LogP contribution is -2.33. The van der Waals surface area contributed by atoms with E-state index in [1.54, 1.807) is 11.3 Å². The van der Waals surface area contributed by atoms with Gasteiger partial charge in [0.1, 0.15) is 0 Å². The van der Waals surface area contributed by atoms with E-state index in [-0.39, 0.29) is 0 Å². The van der Waals surface area contributed by atoms with Gasteiger partial charge in [0, 0.05) is 22.6 Å². The fraction of sp³-hybridized carbons (Fsp3) is 0.444. The summed E-state index contributed by atoms with van der Waals surface area (Å²) in [7, 11) is 0. The van der Waals surface area contributed by atoms with Crippen LogP contribution in [0.25, 0.3) is 16.1 Å². The number of likely N-dealkylation sites (tertiary alicyclic amines) is 1. The molecule has 4 nitrogen and oxygen atoms in total. The maximum atomic E-state index is 4.77. The molecule has 1 saturated heterocycles. The standard InChI is InChI=1S/C18H22N4S/c1-2-9-21-10-7-14(8-11-21)18-19-17-6-5-15(13-22(17)20-18)16-4-3-12-23-16/h3-6,12-14H,2,7-11H2,1H3. The SMILES string of the molecule is CCCN1CCC(c2nc3ccc(-c4cccs4)cn3n2)CC1. The molecule has 0 aromatic carbocycles. The molecule has 0 atom stereocenters. The maximum absolute atomic E-state index is 4.77. The number of nitrogens with zero attached hydrogens (tertiary/aromatic N) is 4. The summed E-state index contributed by atoms with van der Waals surface area (Å²) in [6.07, 6.45) is 5.69. The summed E-state index contributed by atoms with van der Waals surface area (Å²) in [6.45, 7) is 5.82. The second-order valence-electron chi connectivity index (χ2n) is 6.28. The van der Waals surface area contributed by atoms with Crippen molar-refractivity contribution >= 4 is 17.0 Å².